The van der Waals surface area contributed by atoms with Crippen LogP contribution in [0, 0.1) is 20.2 Å². The second-order valence-corrected chi connectivity index (χ2v) is 4.25. The molecule has 0 heterocycles. The van der Waals surface area contributed by atoms with Gasteiger partial charge >= 0.3 is 5.97 Å². The fourth-order valence-corrected chi connectivity index (χ4v) is 0.690. The Labute approximate surface area is 149 Å². The first kappa shape index (κ1) is 27.6. The van der Waals surface area contributed by atoms with Crippen molar-refractivity contribution in [1.82, 2.24) is 0 Å². The molecule has 1 N–H and O–H groups in total. The molecule has 0 unspecified atom stereocenters. The third-order valence-electron chi connectivity index (χ3n) is 1.81. The van der Waals surface area contributed by atoms with E-state index < -0.39 is 10.2 Å². The Hall–Kier alpha value is -2.21. The number of ether oxygens (including phenoxy) is 1. The summed E-state index contributed by atoms with van der Waals surface area (Å²) in [5, 5.41) is 25.1. The van der Waals surface area contributed by atoms with E-state index in [1.807, 2.05) is 0 Å². The van der Waals surface area contributed by atoms with Gasteiger partial charge in [0.1, 0.15) is 0 Å². The maximum Gasteiger partial charge on any atom is 0.305 e. The molecule has 0 rings (SSSR count). The minimum Gasteiger partial charge on any atom is -0.466 e. The molecule has 0 aliphatic rings. The molecule has 0 aromatic heterocycles. The number of aliphatic hydroxyl groups is 1. The minimum absolute atomic E-state index is 0.0243. The van der Waals surface area contributed by atoms with E-state index in [0.717, 1.165) is 0 Å². The van der Waals surface area contributed by atoms with Gasteiger partial charge in [-0.25, -0.2) is 0 Å². The maximum absolute atomic E-state index is 10.5. The summed E-state index contributed by atoms with van der Waals surface area (Å²) in [6.45, 7) is 3.42. The van der Waals surface area contributed by atoms with Gasteiger partial charge in [-0.15, -0.1) is 20.2 Å². The van der Waals surface area contributed by atoms with Crippen molar-refractivity contribution in [3.05, 3.63) is 20.2 Å². The Morgan fingerprint density at radius 3 is 1.72 bits per heavy atom. The number of aliphatic hydroxyl groups excluding tert-OH is 1. The van der Waals surface area contributed by atoms with Crippen LogP contribution in [0.15, 0.2) is 0 Å². The third kappa shape index (κ3) is 39.0. The molecule has 0 radical (unpaired) electrons. The molecular weight excluding hydrogens is 368 g/mol. The number of hydrogen-bond donors (Lipinski definition) is 1. The SMILES string of the molecule is CCC(=O)Cl.CCC(=O)OCCCO[N+](=O)[O-].O=[N+]([O-])OCCCO. The second kappa shape index (κ2) is 21.8. The van der Waals surface area contributed by atoms with E-state index in [1.165, 1.54) is 0 Å². The zero-order valence-corrected chi connectivity index (χ0v) is 14.8. The molecular formula is C12H23ClN2O10. The van der Waals surface area contributed by atoms with Crippen molar-refractivity contribution in [2.24, 2.45) is 0 Å². The van der Waals surface area contributed by atoms with E-state index in [2.05, 4.69) is 14.4 Å². The fourth-order valence-electron chi connectivity index (χ4n) is 0.690. The maximum atomic E-state index is 10.5. The summed E-state index contributed by atoms with van der Waals surface area (Å²) in [6, 6.07) is 0. The van der Waals surface area contributed by atoms with Gasteiger partial charge in [-0.05, 0) is 18.0 Å². The molecule has 12 nitrogen and oxygen atoms in total. The third-order valence-corrected chi connectivity index (χ3v) is 2.08. The molecule has 0 saturated heterocycles. The summed E-state index contributed by atoms with van der Waals surface area (Å²) in [5.41, 5.74) is 0. The summed E-state index contributed by atoms with van der Waals surface area (Å²) in [7, 11) is 0. The summed E-state index contributed by atoms with van der Waals surface area (Å²) < 4.78 is 4.63. The lowest BCUT2D eigenvalue weighted by atomic mass is 10.5. The first-order valence-electron chi connectivity index (χ1n) is 7.20. The Morgan fingerprint density at radius 1 is 0.960 bits per heavy atom. The molecule has 0 atom stereocenters. The highest BCUT2D eigenvalue weighted by Gasteiger charge is 1.98. The van der Waals surface area contributed by atoms with Crippen molar-refractivity contribution in [1.29, 1.82) is 0 Å². The summed E-state index contributed by atoms with van der Waals surface area (Å²) in [4.78, 5) is 46.9. The minimum atomic E-state index is -0.879. The molecule has 13 heteroatoms. The van der Waals surface area contributed by atoms with Crippen LogP contribution in [-0.4, -0.2) is 52.9 Å². The van der Waals surface area contributed by atoms with Gasteiger partial charge in [0.05, 0.1) is 19.8 Å². The van der Waals surface area contributed by atoms with Crippen LogP contribution in [0.1, 0.15) is 39.5 Å². The summed E-state index contributed by atoms with van der Waals surface area (Å²) in [6.07, 6.45) is 1.39. The van der Waals surface area contributed by atoms with E-state index in [-0.39, 0.29) is 37.6 Å². The van der Waals surface area contributed by atoms with Gasteiger partial charge in [0, 0.05) is 25.9 Å². The summed E-state index contributed by atoms with van der Waals surface area (Å²) in [5.74, 6) is -0.309. The molecule has 0 amide bonds. The first-order valence-corrected chi connectivity index (χ1v) is 7.58. The van der Waals surface area contributed by atoms with Crippen LogP contribution in [0.4, 0.5) is 0 Å². The number of carbonyl (C=O) groups excluding carboxylic acids is 2. The first-order chi connectivity index (χ1) is 11.7. The van der Waals surface area contributed by atoms with Crippen LogP contribution in [0.2, 0.25) is 0 Å². The van der Waals surface area contributed by atoms with Crippen LogP contribution in [0.5, 0.6) is 0 Å². The lowest BCUT2D eigenvalue weighted by Gasteiger charge is -2.01. The van der Waals surface area contributed by atoms with E-state index in [1.54, 1.807) is 13.8 Å². The largest absolute Gasteiger partial charge is 0.466 e. The molecule has 0 aliphatic carbocycles. The highest BCUT2D eigenvalue weighted by molar-refractivity contribution is 6.63. The lowest BCUT2D eigenvalue weighted by molar-refractivity contribution is -0.757. The zero-order valence-electron chi connectivity index (χ0n) is 14.1. The van der Waals surface area contributed by atoms with Gasteiger partial charge in [-0.3, -0.25) is 9.59 Å². The highest BCUT2D eigenvalue weighted by Crippen LogP contribution is 1.88. The Balaban J connectivity index is -0.000000321. The molecule has 0 aromatic carbocycles. The topological polar surface area (TPSA) is 168 Å². The molecule has 0 aliphatic heterocycles. The fraction of sp³-hybridized carbons (Fsp3) is 0.833. The van der Waals surface area contributed by atoms with E-state index >= 15 is 0 Å². The average molecular weight is 391 g/mol. The Bertz CT molecular complexity index is 381. The van der Waals surface area contributed by atoms with Crippen LogP contribution in [0.3, 0.4) is 0 Å². The Kier molecular flexibility index (Phi) is 24.1. The number of halogens is 1. The number of carbonyl (C=O) groups is 2. The molecule has 148 valence electrons. The van der Waals surface area contributed by atoms with Gasteiger partial charge in [0.15, 0.2) is 0 Å². The van der Waals surface area contributed by atoms with Gasteiger partial charge in [-0.2, -0.15) is 0 Å². The molecule has 0 saturated carbocycles. The number of esters is 1. The van der Waals surface area contributed by atoms with Crippen molar-refractivity contribution in [3.63, 3.8) is 0 Å². The van der Waals surface area contributed by atoms with E-state index in [0.29, 0.717) is 25.7 Å². The monoisotopic (exact) mass is 390 g/mol. The normalized spacial score (nSPS) is 8.64. The van der Waals surface area contributed by atoms with Crippen LogP contribution in [0.25, 0.3) is 0 Å². The molecule has 0 spiro atoms. The molecule has 0 fully saturated rings. The van der Waals surface area contributed by atoms with Crippen LogP contribution >= 0.6 is 11.6 Å². The number of rotatable bonds is 11. The smallest absolute Gasteiger partial charge is 0.305 e. The summed E-state index contributed by atoms with van der Waals surface area (Å²) >= 11 is 4.82. The van der Waals surface area contributed by atoms with Crippen molar-refractivity contribution in [2.45, 2.75) is 39.5 Å². The van der Waals surface area contributed by atoms with Gasteiger partial charge in [0.2, 0.25) is 5.24 Å². The predicted octanol–water partition coefficient (Wildman–Crippen LogP) is 1.28. The lowest BCUT2D eigenvalue weighted by Crippen LogP contribution is -2.08. The highest BCUT2D eigenvalue weighted by atomic mass is 35.5. The van der Waals surface area contributed by atoms with Crippen LogP contribution in [-0.2, 0) is 24.0 Å². The van der Waals surface area contributed by atoms with Gasteiger partial charge in [-0.1, -0.05) is 13.8 Å². The van der Waals surface area contributed by atoms with Crippen molar-refractivity contribution in [3.8, 4) is 0 Å². The number of nitrogens with zero attached hydrogens (tertiary/aromatic N) is 2. The standard InChI is InChI=1S/C6H11NO5.C3H5ClO.C3H7NO4/c1-2-6(8)11-4-3-5-12-7(9)10;1-2-3(4)5;5-2-1-3-8-4(6)7/h2-5H2,1H3;2H2,1H3;5H,1-3H2. The molecule has 0 bridgehead atoms. The predicted molar refractivity (Wildman–Crippen MR) is 84.6 cm³/mol. The van der Waals surface area contributed by atoms with Gasteiger partial charge in [0.25, 0.3) is 10.2 Å². The van der Waals surface area contributed by atoms with E-state index in [4.69, 9.17) is 16.7 Å². The van der Waals surface area contributed by atoms with Crippen LogP contribution < -0.4 is 0 Å². The quantitative estimate of drug-likeness (QED) is 0.178. The molecule has 25 heavy (non-hydrogen) atoms. The van der Waals surface area contributed by atoms with Crippen molar-refractivity contribution >= 4 is 22.8 Å². The van der Waals surface area contributed by atoms with Crippen molar-refractivity contribution in [2.75, 3.05) is 26.4 Å². The number of hydrogen-bond acceptors (Lipinski definition) is 10. The zero-order chi connectivity index (χ0) is 20.1. The second-order valence-electron chi connectivity index (χ2n) is 3.83. The van der Waals surface area contributed by atoms with Gasteiger partial charge < -0.3 is 19.5 Å². The Morgan fingerprint density at radius 2 is 1.40 bits per heavy atom. The average Bonchev–Trinajstić information content (AvgIpc) is 2.55. The van der Waals surface area contributed by atoms with Crippen molar-refractivity contribution < 1.29 is 39.3 Å². The molecule has 0 aromatic rings. The van der Waals surface area contributed by atoms with E-state index in [9.17, 15) is 29.8 Å².